The van der Waals surface area contributed by atoms with Gasteiger partial charge in [-0.1, -0.05) is 50.2 Å². The van der Waals surface area contributed by atoms with Gasteiger partial charge in [-0.05, 0) is 25.5 Å². The summed E-state index contributed by atoms with van der Waals surface area (Å²) < 4.78 is 5.74. The van der Waals surface area contributed by atoms with Crippen molar-refractivity contribution in [1.82, 2.24) is 20.7 Å². The number of benzene rings is 1. The van der Waals surface area contributed by atoms with Gasteiger partial charge >= 0.3 is 0 Å². The van der Waals surface area contributed by atoms with Crippen molar-refractivity contribution in [1.29, 1.82) is 0 Å². The van der Waals surface area contributed by atoms with Crippen LogP contribution in [0.4, 0.5) is 0 Å². The number of fused-ring (bicyclic) bond motifs is 1. The van der Waals surface area contributed by atoms with E-state index in [1.165, 1.54) is 5.01 Å². The van der Waals surface area contributed by atoms with Crippen LogP contribution in [0, 0.1) is 0 Å². The molecule has 10 nitrogen and oxygen atoms in total. The molecule has 0 aromatic heterocycles. The maximum Gasteiger partial charge on any atom is 0.227 e. The van der Waals surface area contributed by atoms with Crippen LogP contribution >= 0.6 is 9.24 Å². The molecule has 216 valence electrons. The van der Waals surface area contributed by atoms with Gasteiger partial charge in [-0.2, -0.15) is 0 Å². The lowest BCUT2D eigenvalue weighted by atomic mass is 9.95. The third kappa shape index (κ3) is 9.91. The third-order valence-electron chi connectivity index (χ3n) is 5.81. The van der Waals surface area contributed by atoms with E-state index in [0.717, 1.165) is 11.1 Å². The molecule has 1 aromatic rings. The number of hydrogen-bond acceptors (Lipinski definition) is 8. The monoisotopic (exact) mass is 560 g/mol. The van der Waals surface area contributed by atoms with Gasteiger partial charge in [-0.3, -0.25) is 14.4 Å². The summed E-state index contributed by atoms with van der Waals surface area (Å²) in [5.74, 6) is 5.67. The highest BCUT2D eigenvalue weighted by Gasteiger charge is 2.27. The van der Waals surface area contributed by atoms with Crippen molar-refractivity contribution in [3.8, 4) is 0 Å². The molecule has 1 aromatic carbocycles. The average molecular weight is 561 g/mol. The van der Waals surface area contributed by atoms with E-state index in [0.29, 0.717) is 42.4 Å². The second-order valence-electron chi connectivity index (χ2n) is 9.17. The van der Waals surface area contributed by atoms with Crippen LogP contribution in [0.15, 0.2) is 66.5 Å². The number of carbonyl (C=O) groups excluding carboxylic acids is 2. The molecule has 1 unspecified atom stereocenters. The molecule has 0 fully saturated rings. The van der Waals surface area contributed by atoms with E-state index in [1.54, 1.807) is 31.1 Å². The first kappa shape index (κ1) is 34.0. The van der Waals surface area contributed by atoms with Crippen LogP contribution in [0.1, 0.15) is 37.8 Å². The van der Waals surface area contributed by atoms with Crippen molar-refractivity contribution < 1.29 is 19.2 Å². The summed E-state index contributed by atoms with van der Waals surface area (Å²) in [5.41, 5.74) is 12.4. The number of allylic oxidation sites excluding steroid dienone is 2. The van der Waals surface area contributed by atoms with Crippen LogP contribution in [0.5, 0.6) is 0 Å². The molecule has 2 amide bonds. The molecule has 1 heterocycles. The fraction of sp³-hybridized carbons (Fsp3) is 0.429. The number of hydroxylamine groups is 1. The molecular weight excluding hydrogens is 515 g/mol. The molecule has 0 saturated heterocycles. The van der Waals surface area contributed by atoms with Gasteiger partial charge < -0.3 is 25.7 Å². The Balaban J connectivity index is 0.00000371. The van der Waals surface area contributed by atoms with Crippen LogP contribution < -0.4 is 22.4 Å². The summed E-state index contributed by atoms with van der Waals surface area (Å²) in [5, 5.41) is 4.20. The first-order valence-electron chi connectivity index (χ1n) is 12.7. The lowest BCUT2D eigenvalue weighted by Gasteiger charge is -2.32. The molecule has 1 aliphatic heterocycles. The molecular formula is C28H45N6O4P. The number of hydrazine groups is 1. The first-order chi connectivity index (χ1) is 18.6. The van der Waals surface area contributed by atoms with Gasteiger partial charge in [-0.25, -0.2) is 11.3 Å². The highest BCUT2D eigenvalue weighted by molar-refractivity contribution is 7.15. The largest absolute Gasteiger partial charge is 0.396 e. The zero-order chi connectivity index (χ0) is 29.6. The Kier molecular flexibility index (Phi) is 14.7. The predicted octanol–water partition coefficient (Wildman–Crippen LogP) is 2.42. The summed E-state index contributed by atoms with van der Waals surface area (Å²) in [7, 11) is 5.77. The van der Waals surface area contributed by atoms with Gasteiger partial charge in [0.2, 0.25) is 11.8 Å². The lowest BCUT2D eigenvalue weighted by molar-refractivity contribution is -0.132. The van der Waals surface area contributed by atoms with Gasteiger partial charge in [0.15, 0.2) is 0 Å². The Morgan fingerprint density at radius 3 is 2.46 bits per heavy atom. The Labute approximate surface area is 235 Å². The highest BCUT2D eigenvalue weighted by Crippen LogP contribution is 2.32. The molecule has 0 aliphatic carbocycles. The second-order valence-corrected chi connectivity index (χ2v) is 9.17. The third-order valence-corrected chi connectivity index (χ3v) is 5.81. The number of nitrogens with two attached hydrogens (primary N) is 2. The Bertz CT molecular complexity index is 1070. The number of rotatable bonds is 13. The van der Waals surface area contributed by atoms with Crippen LogP contribution in [0.2, 0.25) is 0 Å². The van der Waals surface area contributed by atoms with Crippen molar-refractivity contribution in [3.05, 3.63) is 77.7 Å². The number of nitrogens with one attached hydrogen (secondary N) is 2. The molecule has 1 aliphatic rings. The number of likely N-dealkylation sites (N-methyl/N-ethyl adjacent to an activating group) is 1. The summed E-state index contributed by atoms with van der Waals surface area (Å²) in [6.07, 6.45) is 3.22. The maximum atomic E-state index is 13.4. The standard InChI is InChI=1S/C27H40N6O4.CH5P/c1-7-20-22(8-2)33(17-19-11-9-10-12-21(19)25(28)26(20)32(6)29)24(35)14-13-23(34)31-15-16-36-27(3,4)18-37-30-5;1-2/h7-12,30H,1-2,13-18,28-29H2,3-6H3,(H,31,34);2H2,1H3/b22-20-,26-25-;. The molecule has 0 saturated carbocycles. The summed E-state index contributed by atoms with van der Waals surface area (Å²) in [6.45, 7) is 14.8. The normalized spacial score (nSPS) is 17.2. The number of amides is 2. The van der Waals surface area contributed by atoms with Gasteiger partial charge in [0.1, 0.15) is 0 Å². The number of nitrogens with zero attached hydrogens (tertiary/aromatic N) is 2. The smallest absolute Gasteiger partial charge is 0.227 e. The minimum absolute atomic E-state index is 0.00508. The topological polar surface area (TPSA) is 135 Å². The minimum Gasteiger partial charge on any atom is -0.396 e. The van der Waals surface area contributed by atoms with Crippen molar-refractivity contribution >= 4 is 26.8 Å². The average Bonchev–Trinajstić information content (AvgIpc) is 2.92. The maximum absolute atomic E-state index is 13.4. The SMILES string of the molecule is C=CC1=C(\C=C)N(C(=O)CCC(=O)NCCOC(C)(C)CONC)Cc2ccccc2/C(N)=C\1N(C)N.CP. The highest BCUT2D eigenvalue weighted by atomic mass is 31.0. The molecule has 39 heavy (non-hydrogen) atoms. The molecule has 11 heteroatoms. The van der Waals surface area contributed by atoms with Crippen LogP contribution in [0.25, 0.3) is 5.70 Å². The van der Waals surface area contributed by atoms with E-state index in [9.17, 15) is 9.59 Å². The predicted molar refractivity (Wildman–Crippen MR) is 160 cm³/mol. The fourth-order valence-electron chi connectivity index (χ4n) is 3.99. The number of hydrogen-bond donors (Lipinski definition) is 4. The molecule has 0 spiro atoms. The lowest BCUT2D eigenvalue weighted by Crippen LogP contribution is -2.37. The van der Waals surface area contributed by atoms with E-state index in [-0.39, 0.29) is 31.2 Å². The van der Waals surface area contributed by atoms with Gasteiger partial charge in [0, 0.05) is 44.6 Å². The molecule has 0 radical (unpaired) electrons. The summed E-state index contributed by atoms with van der Waals surface area (Å²) >= 11 is 0. The van der Waals surface area contributed by atoms with Crippen LogP contribution in [0.3, 0.4) is 0 Å². The van der Waals surface area contributed by atoms with Gasteiger partial charge in [0.25, 0.3) is 0 Å². The Morgan fingerprint density at radius 2 is 1.87 bits per heavy atom. The minimum atomic E-state index is -0.504. The van der Waals surface area contributed by atoms with Crippen LogP contribution in [-0.2, 0) is 25.7 Å². The zero-order valence-electron chi connectivity index (χ0n) is 23.9. The Hall–Kier alpha value is -3.01. The molecule has 0 bridgehead atoms. The first-order valence-corrected chi connectivity index (χ1v) is 13.8. The molecule has 2 rings (SSSR count). The van der Waals surface area contributed by atoms with Crippen molar-refractivity contribution in [2.45, 2.75) is 38.8 Å². The summed E-state index contributed by atoms with van der Waals surface area (Å²) in [6, 6.07) is 7.56. The van der Waals surface area contributed by atoms with E-state index < -0.39 is 5.60 Å². The van der Waals surface area contributed by atoms with Gasteiger partial charge in [0.05, 0.1) is 42.5 Å². The zero-order valence-corrected chi connectivity index (χ0v) is 25.0. The van der Waals surface area contributed by atoms with E-state index in [2.05, 4.69) is 33.2 Å². The summed E-state index contributed by atoms with van der Waals surface area (Å²) in [4.78, 5) is 32.6. The van der Waals surface area contributed by atoms with E-state index in [4.69, 9.17) is 21.2 Å². The fourth-order valence-corrected chi connectivity index (χ4v) is 3.99. The second kappa shape index (κ2) is 16.8. The van der Waals surface area contributed by atoms with Crippen molar-refractivity contribution in [2.24, 2.45) is 11.6 Å². The van der Waals surface area contributed by atoms with Crippen LogP contribution in [-0.4, -0.2) is 67.8 Å². The van der Waals surface area contributed by atoms with E-state index in [1.807, 2.05) is 44.8 Å². The van der Waals surface area contributed by atoms with E-state index >= 15 is 0 Å². The quantitative estimate of drug-likeness (QED) is 0.125. The van der Waals surface area contributed by atoms with Crippen molar-refractivity contribution in [2.75, 3.05) is 40.5 Å². The number of ether oxygens (including phenoxy) is 1. The number of carbonyl (C=O) groups is 2. The van der Waals surface area contributed by atoms with Crippen molar-refractivity contribution in [3.63, 3.8) is 0 Å². The molecule has 1 atom stereocenters. The molecule has 6 N–H and O–H groups in total. The van der Waals surface area contributed by atoms with Gasteiger partial charge in [-0.15, -0.1) is 9.24 Å². The Morgan fingerprint density at radius 1 is 1.21 bits per heavy atom.